The lowest BCUT2D eigenvalue weighted by molar-refractivity contribution is -0.116. The predicted molar refractivity (Wildman–Crippen MR) is 91.8 cm³/mol. The molecule has 2 heteroatoms. The highest BCUT2D eigenvalue weighted by Crippen LogP contribution is 2.64. The Bertz CT molecular complexity index is 548. The van der Waals surface area contributed by atoms with Gasteiger partial charge in [0.25, 0.3) is 0 Å². The van der Waals surface area contributed by atoms with Gasteiger partial charge in [-0.2, -0.15) is 0 Å². The Kier molecular flexibility index (Phi) is 3.79. The Morgan fingerprint density at radius 1 is 1.35 bits per heavy atom. The van der Waals surface area contributed by atoms with E-state index in [-0.39, 0.29) is 11.5 Å². The van der Waals surface area contributed by atoms with Crippen LogP contribution in [0, 0.1) is 35.0 Å². The van der Waals surface area contributed by atoms with Gasteiger partial charge in [-0.3, -0.25) is 4.79 Å². The summed E-state index contributed by atoms with van der Waals surface area (Å²) in [4.78, 5) is 11.9. The van der Waals surface area contributed by atoms with Crippen LogP contribution in [0.15, 0.2) is 24.3 Å². The maximum atomic E-state index is 11.9. The first kappa shape index (κ1) is 15.6. The number of aliphatic hydroxyl groups is 1. The lowest BCUT2D eigenvalue weighted by Crippen LogP contribution is -2.51. The van der Waals surface area contributed by atoms with Crippen LogP contribution >= 0.6 is 0 Å². The van der Waals surface area contributed by atoms with Gasteiger partial charge in [0, 0.05) is 6.42 Å². The lowest BCUT2D eigenvalue weighted by atomic mass is 9.48. The standard InChI is InChI=1S/C21H30O2/c1-3-13-11-14-12-15(22)5-6-16(14)17-9-10-21(4-2)18(20(13)17)7-8-19(21)23/h3,12-13,16-20,23H,1,4-11H2,2H3/t13?,16-,17+,18-,19?,20+,21-/m0/s1. The van der Waals surface area contributed by atoms with E-state index in [1.54, 1.807) is 0 Å². The highest BCUT2D eigenvalue weighted by molar-refractivity contribution is 5.91. The summed E-state index contributed by atoms with van der Waals surface area (Å²) in [6.45, 7) is 6.42. The first-order chi connectivity index (χ1) is 11.1. The van der Waals surface area contributed by atoms with Gasteiger partial charge in [-0.15, -0.1) is 6.58 Å². The molecule has 0 aromatic carbocycles. The SMILES string of the molecule is C=CC1CC2=CC(=O)CC[C@@H]2[C@H]2CC[C@]3(CC)C(O)CC[C@H]3[C@H]12. The molecule has 4 aliphatic carbocycles. The molecule has 2 unspecified atom stereocenters. The van der Waals surface area contributed by atoms with Crippen molar-refractivity contribution >= 4 is 5.78 Å². The third-order valence-corrected chi connectivity index (χ3v) is 8.02. The minimum absolute atomic E-state index is 0.103. The second-order valence-electron chi connectivity index (χ2n) is 8.50. The summed E-state index contributed by atoms with van der Waals surface area (Å²) in [5, 5.41) is 10.7. The van der Waals surface area contributed by atoms with E-state index in [9.17, 15) is 9.90 Å². The van der Waals surface area contributed by atoms with Gasteiger partial charge in [-0.05, 0) is 86.0 Å². The molecular weight excluding hydrogens is 284 g/mol. The van der Waals surface area contributed by atoms with E-state index in [2.05, 4.69) is 19.6 Å². The summed E-state index contributed by atoms with van der Waals surface area (Å²) in [6.07, 6.45) is 12.5. The van der Waals surface area contributed by atoms with Crippen molar-refractivity contribution in [2.75, 3.05) is 0 Å². The fraction of sp³-hybridized carbons (Fsp3) is 0.762. The number of ketones is 1. The highest BCUT2D eigenvalue weighted by Gasteiger charge is 2.59. The number of carbonyl (C=O) groups is 1. The van der Waals surface area contributed by atoms with Crippen molar-refractivity contribution in [3.05, 3.63) is 24.3 Å². The first-order valence-electron chi connectivity index (χ1n) is 9.64. The summed E-state index contributed by atoms with van der Waals surface area (Å²) in [6, 6.07) is 0. The van der Waals surface area contributed by atoms with Crippen molar-refractivity contribution in [2.24, 2.45) is 35.0 Å². The molecule has 0 aliphatic heterocycles. The first-order valence-corrected chi connectivity index (χ1v) is 9.64. The molecule has 3 saturated carbocycles. The third-order valence-electron chi connectivity index (χ3n) is 8.02. The van der Waals surface area contributed by atoms with E-state index in [0.717, 1.165) is 32.1 Å². The number of rotatable bonds is 2. The average molecular weight is 314 g/mol. The van der Waals surface area contributed by atoms with Crippen LogP contribution in [0.3, 0.4) is 0 Å². The van der Waals surface area contributed by atoms with Gasteiger partial charge >= 0.3 is 0 Å². The Labute approximate surface area is 140 Å². The fourth-order valence-corrected chi connectivity index (χ4v) is 6.99. The van der Waals surface area contributed by atoms with Crippen molar-refractivity contribution in [1.29, 1.82) is 0 Å². The van der Waals surface area contributed by atoms with E-state index in [0.29, 0.717) is 35.4 Å². The normalized spacial score (nSPS) is 49.0. The zero-order chi connectivity index (χ0) is 16.2. The van der Waals surface area contributed by atoms with Gasteiger partial charge < -0.3 is 5.11 Å². The number of allylic oxidation sites excluding steroid dienone is 2. The van der Waals surface area contributed by atoms with Crippen LogP contribution in [-0.2, 0) is 4.79 Å². The van der Waals surface area contributed by atoms with E-state index in [1.807, 2.05) is 6.08 Å². The molecule has 7 atom stereocenters. The number of hydrogen-bond acceptors (Lipinski definition) is 2. The molecule has 4 aliphatic rings. The summed E-state index contributed by atoms with van der Waals surface area (Å²) < 4.78 is 0. The van der Waals surface area contributed by atoms with Crippen LogP contribution in [0.5, 0.6) is 0 Å². The predicted octanol–water partition coefficient (Wildman–Crippen LogP) is 4.29. The second-order valence-corrected chi connectivity index (χ2v) is 8.50. The molecule has 3 fully saturated rings. The Hall–Kier alpha value is -0.890. The monoisotopic (exact) mass is 314 g/mol. The smallest absolute Gasteiger partial charge is 0.155 e. The number of aliphatic hydroxyl groups excluding tert-OH is 1. The summed E-state index contributed by atoms with van der Waals surface area (Å²) in [7, 11) is 0. The van der Waals surface area contributed by atoms with E-state index < -0.39 is 0 Å². The van der Waals surface area contributed by atoms with Gasteiger partial charge in [-0.25, -0.2) is 0 Å². The van der Waals surface area contributed by atoms with Crippen molar-refractivity contribution in [1.82, 2.24) is 0 Å². The Balaban J connectivity index is 1.72. The van der Waals surface area contributed by atoms with Gasteiger partial charge in [0.1, 0.15) is 0 Å². The molecule has 4 rings (SSSR count). The molecule has 0 bridgehead atoms. The molecular formula is C21H30O2. The van der Waals surface area contributed by atoms with Crippen LogP contribution in [0.1, 0.15) is 58.3 Å². The Morgan fingerprint density at radius 3 is 2.91 bits per heavy atom. The summed E-state index contributed by atoms with van der Waals surface area (Å²) in [5.74, 6) is 3.49. The second kappa shape index (κ2) is 5.58. The minimum Gasteiger partial charge on any atom is -0.393 e. The minimum atomic E-state index is -0.103. The van der Waals surface area contributed by atoms with Crippen molar-refractivity contribution < 1.29 is 9.90 Å². The molecule has 1 N–H and O–H groups in total. The highest BCUT2D eigenvalue weighted by atomic mass is 16.3. The molecule has 0 amide bonds. The molecule has 23 heavy (non-hydrogen) atoms. The molecule has 0 saturated heterocycles. The molecule has 0 spiro atoms. The number of carbonyl (C=O) groups excluding carboxylic acids is 1. The van der Waals surface area contributed by atoms with Crippen molar-refractivity contribution in [3.63, 3.8) is 0 Å². The number of fused-ring (bicyclic) bond motifs is 5. The van der Waals surface area contributed by atoms with Crippen molar-refractivity contribution in [3.8, 4) is 0 Å². The zero-order valence-electron chi connectivity index (χ0n) is 14.3. The van der Waals surface area contributed by atoms with Gasteiger partial charge in [0.2, 0.25) is 0 Å². The quantitative estimate of drug-likeness (QED) is 0.772. The van der Waals surface area contributed by atoms with Crippen LogP contribution in [-0.4, -0.2) is 17.0 Å². The molecule has 0 aromatic rings. The van der Waals surface area contributed by atoms with Crippen LogP contribution < -0.4 is 0 Å². The molecule has 0 aromatic heterocycles. The van der Waals surface area contributed by atoms with Gasteiger partial charge in [0.05, 0.1) is 6.10 Å². The van der Waals surface area contributed by atoms with E-state index in [1.165, 1.54) is 24.8 Å². The average Bonchev–Trinajstić information content (AvgIpc) is 2.90. The molecule has 0 radical (unpaired) electrons. The third kappa shape index (κ3) is 2.13. The maximum Gasteiger partial charge on any atom is 0.155 e. The van der Waals surface area contributed by atoms with Gasteiger partial charge in [-0.1, -0.05) is 18.6 Å². The summed E-state index contributed by atoms with van der Waals surface area (Å²) in [5.41, 5.74) is 1.57. The van der Waals surface area contributed by atoms with Crippen LogP contribution in [0.25, 0.3) is 0 Å². The topological polar surface area (TPSA) is 37.3 Å². The van der Waals surface area contributed by atoms with Crippen molar-refractivity contribution in [2.45, 2.75) is 64.4 Å². The Morgan fingerprint density at radius 2 is 2.17 bits per heavy atom. The zero-order valence-corrected chi connectivity index (χ0v) is 14.3. The largest absolute Gasteiger partial charge is 0.393 e. The number of hydrogen-bond donors (Lipinski definition) is 1. The fourth-order valence-electron chi connectivity index (χ4n) is 6.99. The lowest BCUT2D eigenvalue weighted by Gasteiger charge is -2.56. The van der Waals surface area contributed by atoms with E-state index in [4.69, 9.17) is 0 Å². The van der Waals surface area contributed by atoms with Crippen LogP contribution in [0.4, 0.5) is 0 Å². The molecule has 126 valence electrons. The molecule has 0 heterocycles. The molecule has 2 nitrogen and oxygen atoms in total. The van der Waals surface area contributed by atoms with Gasteiger partial charge in [0.15, 0.2) is 5.78 Å². The van der Waals surface area contributed by atoms with E-state index >= 15 is 0 Å². The van der Waals surface area contributed by atoms with Crippen LogP contribution in [0.2, 0.25) is 0 Å². The maximum absolute atomic E-state index is 11.9. The summed E-state index contributed by atoms with van der Waals surface area (Å²) >= 11 is 0.